The average Bonchev–Trinajstić information content (AvgIpc) is 2.76. The summed E-state index contributed by atoms with van der Waals surface area (Å²) in [7, 11) is 0. The number of rotatable bonds is 11. The first-order valence-corrected chi connectivity index (χ1v) is 12.9. The minimum absolute atomic E-state index is 0.0424. The Labute approximate surface area is 210 Å². The van der Waals surface area contributed by atoms with Crippen molar-refractivity contribution in [1.29, 1.82) is 0 Å². The van der Waals surface area contributed by atoms with Crippen LogP contribution in [0.4, 0.5) is 0 Å². The number of nitrogens with zero attached hydrogens (tertiary/aromatic N) is 1. The van der Waals surface area contributed by atoms with Crippen LogP contribution in [0, 0.1) is 0 Å². The Hall–Kier alpha value is -1.40. The molecule has 2 aromatic carbocycles. The van der Waals surface area contributed by atoms with E-state index in [-0.39, 0.29) is 23.6 Å². The number of hydrogen-bond donors (Lipinski definition) is 1. The Kier molecular flexibility index (Phi) is 11.2. The van der Waals surface area contributed by atoms with Crippen molar-refractivity contribution < 1.29 is 9.59 Å². The van der Waals surface area contributed by atoms with Gasteiger partial charge in [-0.2, -0.15) is 0 Å². The fraction of sp³-hybridized carbons (Fsp3) is 0.417. The Balaban J connectivity index is 2.16. The molecule has 0 heterocycles. The van der Waals surface area contributed by atoms with Crippen LogP contribution < -0.4 is 5.32 Å². The Bertz CT molecular complexity index is 888. The molecule has 1 N–H and O–H groups in total. The van der Waals surface area contributed by atoms with Crippen LogP contribution in [0.25, 0.3) is 0 Å². The average molecular weight is 516 g/mol. The molecule has 4 nitrogen and oxygen atoms in total. The molecular formula is C24H29Cl3N2O2S. The van der Waals surface area contributed by atoms with E-state index in [0.29, 0.717) is 33.8 Å². The summed E-state index contributed by atoms with van der Waals surface area (Å²) in [6, 6.07) is 12.2. The van der Waals surface area contributed by atoms with Crippen molar-refractivity contribution in [2.75, 3.05) is 5.75 Å². The molecule has 8 heteroatoms. The van der Waals surface area contributed by atoms with Crippen LogP contribution in [0.1, 0.15) is 44.7 Å². The summed E-state index contributed by atoms with van der Waals surface area (Å²) < 4.78 is 0. The predicted molar refractivity (Wildman–Crippen MR) is 137 cm³/mol. The largest absolute Gasteiger partial charge is 0.352 e. The van der Waals surface area contributed by atoms with E-state index >= 15 is 0 Å². The van der Waals surface area contributed by atoms with E-state index in [9.17, 15) is 9.59 Å². The van der Waals surface area contributed by atoms with Crippen LogP contribution in [0.2, 0.25) is 15.1 Å². The number of thioether (sulfide) groups is 1. The van der Waals surface area contributed by atoms with Crippen LogP contribution in [0.15, 0.2) is 42.5 Å². The molecule has 0 radical (unpaired) electrons. The van der Waals surface area contributed by atoms with Crippen LogP contribution in [-0.2, 0) is 21.9 Å². The van der Waals surface area contributed by atoms with Gasteiger partial charge in [0.1, 0.15) is 6.04 Å². The topological polar surface area (TPSA) is 49.4 Å². The van der Waals surface area contributed by atoms with Gasteiger partial charge in [0.25, 0.3) is 0 Å². The molecule has 0 spiro atoms. The molecule has 0 saturated carbocycles. The molecule has 0 saturated heterocycles. The van der Waals surface area contributed by atoms with Crippen molar-refractivity contribution in [1.82, 2.24) is 10.2 Å². The molecule has 2 amide bonds. The molecule has 0 aliphatic carbocycles. The minimum atomic E-state index is -0.559. The fourth-order valence-electron chi connectivity index (χ4n) is 3.14. The zero-order valence-electron chi connectivity index (χ0n) is 18.5. The van der Waals surface area contributed by atoms with Crippen molar-refractivity contribution in [3.63, 3.8) is 0 Å². The Morgan fingerprint density at radius 1 is 1.00 bits per heavy atom. The van der Waals surface area contributed by atoms with Gasteiger partial charge in [-0.25, -0.2) is 0 Å². The quantitative estimate of drug-likeness (QED) is 0.367. The summed E-state index contributed by atoms with van der Waals surface area (Å²) >= 11 is 19.9. The maximum Gasteiger partial charge on any atom is 0.243 e. The van der Waals surface area contributed by atoms with Gasteiger partial charge in [-0.3, -0.25) is 9.59 Å². The van der Waals surface area contributed by atoms with Gasteiger partial charge in [-0.1, -0.05) is 66.8 Å². The Morgan fingerprint density at radius 3 is 2.19 bits per heavy atom. The minimum Gasteiger partial charge on any atom is -0.352 e. The van der Waals surface area contributed by atoms with Gasteiger partial charge >= 0.3 is 0 Å². The normalized spacial score (nSPS) is 12.8. The summed E-state index contributed by atoms with van der Waals surface area (Å²) in [5.41, 5.74) is 1.72. The van der Waals surface area contributed by atoms with Crippen molar-refractivity contribution in [2.24, 2.45) is 0 Å². The number of carbonyl (C=O) groups is 2. The van der Waals surface area contributed by atoms with E-state index in [0.717, 1.165) is 17.5 Å². The van der Waals surface area contributed by atoms with E-state index < -0.39 is 6.04 Å². The monoisotopic (exact) mass is 514 g/mol. The van der Waals surface area contributed by atoms with E-state index in [2.05, 4.69) is 5.32 Å². The lowest BCUT2D eigenvalue weighted by molar-refractivity contribution is -0.139. The molecule has 0 aliphatic rings. The number of benzene rings is 2. The molecule has 2 aromatic rings. The van der Waals surface area contributed by atoms with E-state index in [1.165, 1.54) is 11.8 Å². The third-order valence-electron chi connectivity index (χ3n) is 5.19. The van der Waals surface area contributed by atoms with Gasteiger partial charge in [-0.05, 0) is 55.2 Å². The number of hydrogen-bond acceptors (Lipinski definition) is 3. The van der Waals surface area contributed by atoms with Crippen molar-refractivity contribution in [3.05, 3.63) is 68.7 Å². The molecule has 0 aliphatic heterocycles. The molecule has 2 rings (SSSR count). The molecule has 0 fully saturated rings. The summed E-state index contributed by atoms with van der Waals surface area (Å²) in [5, 5.41) is 4.79. The first kappa shape index (κ1) is 26.8. The first-order valence-electron chi connectivity index (χ1n) is 10.6. The fourth-order valence-corrected chi connectivity index (χ4v) is 4.91. The highest BCUT2D eigenvalue weighted by atomic mass is 35.5. The molecule has 0 bridgehead atoms. The highest BCUT2D eigenvalue weighted by molar-refractivity contribution is 7.99. The summed E-state index contributed by atoms with van der Waals surface area (Å²) in [6.45, 7) is 6.22. The summed E-state index contributed by atoms with van der Waals surface area (Å²) in [5.74, 6) is 0.472. The highest BCUT2D eigenvalue weighted by Gasteiger charge is 2.29. The third kappa shape index (κ3) is 7.87. The van der Waals surface area contributed by atoms with Crippen LogP contribution >= 0.6 is 46.6 Å². The highest BCUT2D eigenvalue weighted by Crippen LogP contribution is 2.28. The van der Waals surface area contributed by atoms with Crippen molar-refractivity contribution >= 4 is 58.4 Å². The summed E-state index contributed by atoms with van der Waals surface area (Å²) in [4.78, 5) is 27.9. The van der Waals surface area contributed by atoms with Crippen LogP contribution in [-0.4, -0.2) is 34.6 Å². The maximum absolute atomic E-state index is 13.3. The zero-order chi connectivity index (χ0) is 23.7. The van der Waals surface area contributed by atoms with Gasteiger partial charge in [0.05, 0.1) is 5.75 Å². The second kappa shape index (κ2) is 13.3. The Morgan fingerprint density at radius 2 is 1.62 bits per heavy atom. The molecule has 0 unspecified atom stereocenters. The number of carbonyl (C=O) groups excluding carboxylic acids is 2. The lowest BCUT2D eigenvalue weighted by Crippen LogP contribution is -2.51. The zero-order valence-corrected chi connectivity index (χ0v) is 21.6. The SMILES string of the molecule is CC[C@H](C)NC(=O)[C@H](CC)N(Cc1ccc(Cl)cc1)C(=O)CSCc1c(Cl)cccc1Cl. The lowest BCUT2D eigenvalue weighted by Gasteiger charge is -2.31. The van der Waals surface area contributed by atoms with E-state index in [1.54, 1.807) is 35.2 Å². The smallest absolute Gasteiger partial charge is 0.243 e. The van der Waals surface area contributed by atoms with Crippen molar-refractivity contribution in [2.45, 2.75) is 58.0 Å². The number of halogens is 3. The van der Waals surface area contributed by atoms with Gasteiger partial charge in [0.15, 0.2) is 0 Å². The number of nitrogens with one attached hydrogen (secondary N) is 1. The second-order valence-electron chi connectivity index (χ2n) is 7.58. The van der Waals surface area contributed by atoms with Gasteiger partial charge in [-0.15, -0.1) is 11.8 Å². The van der Waals surface area contributed by atoms with Crippen molar-refractivity contribution in [3.8, 4) is 0 Å². The van der Waals surface area contributed by atoms with Gasteiger partial charge < -0.3 is 10.2 Å². The van der Waals surface area contributed by atoms with Crippen LogP contribution in [0.3, 0.4) is 0 Å². The molecule has 32 heavy (non-hydrogen) atoms. The van der Waals surface area contributed by atoms with E-state index in [4.69, 9.17) is 34.8 Å². The first-order chi connectivity index (χ1) is 15.3. The van der Waals surface area contributed by atoms with Crippen LogP contribution in [0.5, 0.6) is 0 Å². The maximum atomic E-state index is 13.3. The predicted octanol–water partition coefficient (Wildman–Crippen LogP) is 6.60. The summed E-state index contributed by atoms with van der Waals surface area (Å²) in [6.07, 6.45) is 1.34. The molecule has 174 valence electrons. The standard InChI is InChI=1S/C24H29Cl3N2O2S/c1-4-16(3)28-24(31)22(5-2)29(13-17-9-11-18(25)12-10-17)23(30)15-32-14-19-20(26)7-6-8-21(19)27/h6-12,16,22H,4-5,13-15H2,1-3H3,(H,28,31)/t16-,22-/m0/s1. The lowest BCUT2D eigenvalue weighted by atomic mass is 10.1. The van der Waals surface area contributed by atoms with Gasteiger partial charge in [0.2, 0.25) is 11.8 Å². The molecule has 0 aromatic heterocycles. The molecule has 2 atom stereocenters. The second-order valence-corrected chi connectivity index (χ2v) is 9.82. The number of amides is 2. The van der Waals surface area contributed by atoms with E-state index in [1.807, 2.05) is 32.9 Å². The molecular weight excluding hydrogens is 487 g/mol. The van der Waals surface area contributed by atoms with Gasteiger partial charge in [0, 0.05) is 33.4 Å². The third-order valence-corrected chi connectivity index (χ3v) is 7.09.